The van der Waals surface area contributed by atoms with Crippen molar-refractivity contribution in [2.45, 2.75) is 12.8 Å². The van der Waals surface area contributed by atoms with Gasteiger partial charge in [0.15, 0.2) is 0 Å². The van der Waals surface area contributed by atoms with Crippen LogP contribution in [-0.4, -0.2) is 42.4 Å². The van der Waals surface area contributed by atoms with E-state index in [1.165, 1.54) is 0 Å². The zero-order chi connectivity index (χ0) is 14.7. The highest BCUT2D eigenvalue weighted by atomic mass is 16.5. The normalized spacial score (nSPS) is 15.3. The fourth-order valence-electron chi connectivity index (χ4n) is 2.61. The number of pyridine rings is 1. The molecule has 0 unspecified atom stereocenters. The lowest BCUT2D eigenvalue weighted by Crippen LogP contribution is -2.36. The summed E-state index contributed by atoms with van der Waals surface area (Å²) in [4.78, 5) is 17.7. The third-order valence-corrected chi connectivity index (χ3v) is 3.70. The minimum atomic E-state index is -0.793. The van der Waals surface area contributed by atoms with Crippen LogP contribution < -0.4 is 4.90 Å². The summed E-state index contributed by atoms with van der Waals surface area (Å²) in [5.74, 6) is -0.793. The number of rotatable bonds is 4. The molecule has 1 fully saturated rings. The lowest BCUT2D eigenvalue weighted by atomic mass is 10.1. The fourth-order valence-corrected chi connectivity index (χ4v) is 2.61. The van der Waals surface area contributed by atoms with E-state index in [0.717, 1.165) is 48.6 Å². The molecule has 2 aromatic rings. The number of morpholine rings is 1. The van der Waals surface area contributed by atoms with Crippen molar-refractivity contribution in [3.05, 3.63) is 36.0 Å². The third kappa shape index (κ3) is 3.13. The van der Waals surface area contributed by atoms with E-state index in [1.54, 1.807) is 0 Å². The molecule has 110 valence electrons. The van der Waals surface area contributed by atoms with Crippen molar-refractivity contribution in [2.75, 3.05) is 31.2 Å². The topological polar surface area (TPSA) is 62.7 Å². The number of hydrogen-bond donors (Lipinski definition) is 1. The van der Waals surface area contributed by atoms with Gasteiger partial charge in [-0.1, -0.05) is 18.2 Å². The maximum Gasteiger partial charge on any atom is 0.303 e. The van der Waals surface area contributed by atoms with E-state index < -0.39 is 5.97 Å². The number of aromatic nitrogens is 1. The first-order valence-electron chi connectivity index (χ1n) is 7.17. The number of ether oxygens (including phenoxy) is 1. The molecule has 3 rings (SSSR count). The molecule has 0 spiro atoms. The molecule has 1 aliphatic rings. The Morgan fingerprint density at radius 2 is 2.05 bits per heavy atom. The van der Waals surface area contributed by atoms with Crippen LogP contribution in [0.4, 0.5) is 5.69 Å². The van der Waals surface area contributed by atoms with E-state index in [-0.39, 0.29) is 6.42 Å². The molecule has 0 saturated carbocycles. The molecule has 0 bridgehead atoms. The maximum atomic E-state index is 10.7. The predicted molar refractivity (Wildman–Crippen MR) is 80.7 cm³/mol. The van der Waals surface area contributed by atoms with Gasteiger partial charge in [-0.2, -0.15) is 0 Å². The number of carboxylic acids is 1. The van der Waals surface area contributed by atoms with Gasteiger partial charge in [-0.05, 0) is 12.1 Å². The minimum absolute atomic E-state index is 0.109. The average Bonchev–Trinajstić information content (AvgIpc) is 2.53. The number of aryl methyl sites for hydroxylation is 1. The molecular formula is C16H18N2O3. The zero-order valence-electron chi connectivity index (χ0n) is 11.8. The van der Waals surface area contributed by atoms with Crippen molar-refractivity contribution in [2.24, 2.45) is 0 Å². The van der Waals surface area contributed by atoms with Crippen LogP contribution in [0.25, 0.3) is 10.9 Å². The van der Waals surface area contributed by atoms with Crippen molar-refractivity contribution in [3.63, 3.8) is 0 Å². The van der Waals surface area contributed by atoms with Crippen molar-refractivity contribution >= 4 is 22.6 Å². The van der Waals surface area contributed by atoms with Crippen molar-refractivity contribution in [1.82, 2.24) is 4.98 Å². The van der Waals surface area contributed by atoms with Gasteiger partial charge in [-0.15, -0.1) is 0 Å². The second-order valence-corrected chi connectivity index (χ2v) is 5.14. The molecule has 2 heterocycles. The quantitative estimate of drug-likeness (QED) is 0.932. The molecule has 1 aliphatic heterocycles. The summed E-state index contributed by atoms with van der Waals surface area (Å²) < 4.78 is 5.39. The number of carboxylic acid groups (broad SMARTS) is 1. The van der Waals surface area contributed by atoms with Crippen LogP contribution in [0.15, 0.2) is 30.3 Å². The number of anilines is 1. The Morgan fingerprint density at radius 3 is 2.81 bits per heavy atom. The summed E-state index contributed by atoms with van der Waals surface area (Å²) in [6.45, 7) is 3.18. The standard InChI is InChI=1S/C16H18N2O3/c19-15(20)7-6-13-5-4-12-2-1-3-14(16(12)17-13)18-8-10-21-11-9-18/h1-5H,6-11H2,(H,19,20). The maximum absolute atomic E-state index is 10.7. The first kappa shape index (κ1) is 13.8. The molecule has 1 aromatic carbocycles. The Labute approximate surface area is 123 Å². The predicted octanol–water partition coefficient (Wildman–Crippen LogP) is 2.09. The second kappa shape index (κ2) is 6.10. The summed E-state index contributed by atoms with van der Waals surface area (Å²) in [7, 11) is 0. The van der Waals surface area contributed by atoms with Crippen LogP contribution in [0.2, 0.25) is 0 Å². The molecule has 1 N–H and O–H groups in total. The lowest BCUT2D eigenvalue weighted by molar-refractivity contribution is -0.136. The summed E-state index contributed by atoms with van der Waals surface area (Å²) in [6, 6.07) is 10.1. The number of hydrogen-bond acceptors (Lipinski definition) is 4. The second-order valence-electron chi connectivity index (χ2n) is 5.14. The lowest BCUT2D eigenvalue weighted by Gasteiger charge is -2.29. The molecule has 0 atom stereocenters. The molecule has 0 radical (unpaired) electrons. The van der Waals surface area contributed by atoms with Crippen LogP contribution in [0.1, 0.15) is 12.1 Å². The van der Waals surface area contributed by atoms with Gasteiger partial charge in [-0.25, -0.2) is 0 Å². The Hall–Kier alpha value is -2.14. The van der Waals surface area contributed by atoms with Gasteiger partial charge >= 0.3 is 5.97 Å². The van der Waals surface area contributed by atoms with Crippen LogP contribution in [0.3, 0.4) is 0 Å². The summed E-state index contributed by atoms with van der Waals surface area (Å²) >= 11 is 0. The molecule has 0 aliphatic carbocycles. The number of para-hydroxylation sites is 1. The van der Waals surface area contributed by atoms with Crippen LogP contribution >= 0.6 is 0 Å². The van der Waals surface area contributed by atoms with E-state index in [1.807, 2.05) is 24.3 Å². The molecule has 1 saturated heterocycles. The van der Waals surface area contributed by atoms with E-state index in [4.69, 9.17) is 9.84 Å². The number of benzene rings is 1. The van der Waals surface area contributed by atoms with Gasteiger partial charge in [0.05, 0.1) is 30.8 Å². The average molecular weight is 286 g/mol. The number of aliphatic carboxylic acids is 1. The zero-order valence-corrected chi connectivity index (χ0v) is 11.8. The Morgan fingerprint density at radius 1 is 1.24 bits per heavy atom. The molecule has 5 nitrogen and oxygen atoms in total. The monoisotopic (exact) mass is 286 g/mol. The summed E-state index contributed by atoms with van der Waals surface area (Å²) in [5.41, 5.74) is 2.88. The highest BCUT2D eigenvalue weighted by Crippen LogP contribution is 2.26. The number of nitrogens with zero attached hydrogens (tertiary/aromatic N) is 2. The molecular weight excluding hydrogens is 268 g/mol. The minimum Gasteiger partial charge on any atom is -0.481 e. The Bertz CT molecular complexity index is 651. The van der Waals surface area contributed by atoms with Crippen LogP contribution in [0.5, 0.6) is 0 Å². The van der Waals surface area contributed by atoms with Gasteiger partial charge in [0.1, 0.15) is 0 Å². The van der Waals surface area contributed by atoms with E-state index in [0.29, 0.717) is 6.42 Å². The first-order chi connectivity index (χ1) is 10.2. The Kier molecular flexibility index (Phi) is 4.01. The van der Waals surface area contributed by atoms with Crippen molar-refractivity contribution < 1.29 is 14.6 Å². The highest BCUT2D eigenvalue weighted by molar-refractivity contribution is 5.91. The van der Waals surface area contributed by atoms with Crippen molar-refractivity contribution in [1.29, 1.82) is 0 Å². The highest BCUT2D eigenvalue weighted by Gasteiger charge is 2.14. The molecule has 1 aromatic heterocycles. The third-order valence-electron chi connectivity index (χ3n) is 3.70. The van der Waals surface area contributed by atoms with Gasteiger partial charge in [0.25, 0.3) is 0 Å². The van der Waals surface area contributed by atoms with E-state index >= 15 is 0 Å². The van der Waals surface area contributed by atoms with E-state index in [9.17, 15) is 4.79 Å². The molecule has 5 heteroatoms. The summed E-state index contributed by atoms with van der Waals surface area (Å²) in [5, 5.41) is 9.88. The van der Waals surface area contributed by atoms with Gasteiger partial charge in [0.2, 0.25) is 0 Å². The molecule has 21 heavy (non-hydrogen) atoms. The fraction of sp³-hybridized carbons (Fsp3) is 0.375. The summed E-state index contributed by atoms with van der Waals surface area (Å²) in [6.07, 6.45) is 0.570. The number of fused-ring (bicyclic) bond motifs is 1. The largest absolute Gasteiger partial charge is 0.481 e. The SMILES string of the molecule is O=C(O)CCc1ccc2cccc(N3CCOCC3)c2n1. The first-order valence-corrected chi connectivity index (χ1v) is 7.17. The molecule has 0 amide bonds. The van der Waals surface area contributed by atoms with Crippen LogP contribution in [-0.2, 0) is 16.0 Å². The van der Waals surface area contributed by atoms with Gasteiger partial charge < -0.3 is 14.7 Å². The van der Waals surface area contributed by atoms with Gasteiger partial charge in [0, 0.05) is 30.6 Å². The van der Waals surface area contributed by atoms with E-state index in [2.05, 4.69) is 16.0 Å². The number of carbonyl (C=O) groups is 1. The van der Waals surface area contributed by atoms with Crippen LogP contribution in [0, 0.1) is 0 Å². The smallest absolute Gasteiger partial charge is 0.303 e. The Balaban J connectivity index is 1.95. The van der Waals surface area contributed by atoms with Crippen molar-refractivity contribution in [3.8, 4) is 0 Å². The van der Waals surface area contributed by atoms with Gasteiger partial charge in [-0.3, -0.25) is 9.78 Å².